The van der Waals surface area contributed by atoms with E-state index < -0.39 is 10.0 Å². The van der Waals surface area contributed by atoms with Crippen molar-refractivity contribution in [1.29, 1.82) is 0 Å². The molecule has 0 unspecified atom stereocenters. The Morgan fingerprint density at radius 2 is 2.07 bits per heavy atom. The molecule has 1 aliphatic heterocycles. The minimum Gasteiger partial charge on any atom is -0.497 e. The monoisotopic (exact) mass is 414 g/mol. The van der Waals surface area contributed by atoms with Gasteiger partial charge in [0.25, 0.3) is 0 Å². The maximum absolute atomic E-state index is 12.5. The molecule has 3 aromatic rings. The molecule has 154 valence electrons. The number of hydrogen-bond donors (Lipinski definition) is 0. The highest BCUT2D eigenvalue weighted by atomic mass is 32.2. The molecule has 8 heteroatoms. The minimum absolute atomic E-state index is 0.0237. The maximum Gasteiger partial charge on any atom is 0.214 e. The number of sulfonamides is 1. The fourth-order valence-corrected chi connectivity index (χ4v) is 5.43. The Bertz CT molecular complexity index is 1110. The van der Waals surface area contributed by atoms with Crippen molar-refractivity contribution in [3.8, 4) is 16.9 Å². The number of hydrogen-bond acceptors (Lipinski definition) is 5. The fourth-order valence-electron chi connectivity index (χ4n) is 3.84. The SMILES string of the molecule is CCCS(=O)(=O)N1CCC[C@@H](c2nc3ccc(-c4cccc(OC)c4)cn3n2)C1. The first kappa shape index (κ1) is 19.8. The van der Waals surface area contributed by atoms with Gasteiger partial charge in [-0.25, -0.2) is 22.2 Å². The van der Waals surface area contributed by atoms with Crippen molar-refractivity contribution < 1.29 is 13.2 Å². The Hall–Kier alpha value is -2.45. The summed E-state index contributed by atoms with van der Waals surface area (Å²) in [6.07, 6.45) is 4.31. The molecule has 4 rings (SSSR count). The molecule has 1 atom stereocenters. The van der Waals surface area contributed by atoms with Gasteiger partial charge in [0.15, 0.2) is 11.5 Å². The summed E-state index contributed by atoms with van der Waals surface area (Å²) in [5, 5.41) is 4.68. The predicted molar refractivity (Wildman–Crippen MR) is 113 cm³/mol. The van der Waals surface area contributed by atoms with Gasteiger partial charge in [0.2, 0.25) is 10.0 Å². The highest BCUT2D eigenvalue weighted by Gasteiger charge is 2.31. The summed E-state index contributed by atoms with van der Waals surface area (Å²) < 4.78 is 33.6. The van der Waals surface area contributed by atoms with E-state index >= 15 is 0 Å². The number of rotatable bonds is 6. The Morgan fingerprint density at radius 3 is 2.86 bits per heavy atom. The average Bonchev–Trinajstić information content (AvgIpc) is 3.17. The summed E-state index contributed by atoms with van der Waals surface area (Å²) >= 11 is 0. The Labute approximate surface area is 171 Å². The van der Waals surface area contributed by atoms with E-state index in [4.69, 9.17) is 4.74 Å². The second-order valence-electron chi connectivity index (χ2n) is 7.44. The van der Waals surface area contributed by atoms with Crippen LogP contribution in [0.3, 0.4) is 0 Å². The summed E-state index contributed by atoms with van der Waals surface area (Å²) in [6, 6.07) is 11.8. The van der Waals surface area contributed by atoms with Crippen molar-refractivity contribution >= 4 is 15.7 Å². The second-order valence-corrected chi connectivity index (χ2v) is 9.52. The quantitative estimate of drug-likeness (QED) is 0.618. The van der Waals surface area contributed by atoms with E-state index in [1.807, 2.05) is 49.5 Å². The van der Waals surface area contributed by atoms with Gasteiger partial charge in [-0.15, -0.1) is 0 Å². The Balaban J connectivity index is 1.60. The van der Waals surface area contributed by atoms with E-state index in [0.29, 0.717) is 25.3 Å². The maximum atomic E-state index is 12.5. The highest BCUT2D eigenvalue weighted by Crippen LogP contribution is 2.28. The zero-order valence-corrected chi connectivity index (χ0v) is 17.6. The molecule has 0 amide bonds. The van der Waals surface area contributed by atoms with Gasteiger partial charge >= 0.3 is 0 Å². The number of nitrogens with zero attached hydrogens (tertiary/aromatic N) is 4. The summed E-state index contributed by atoms with van der Waals surface area (Å²) in [6.45, 7) is 2.94. The van der Waals surface area contributed by atoms with Gasteiger partial charge in [-0.1, -0.05) is 19.1 Å². The van der Waals surface area contributed by atoms with Gasteiger partial charge < -0.3 is 4.74 Å². The van der Waals surface area contributed by atoms with Gasteiger partial charge in [-0.05, 0) is 49.1 Å². The zero-order valence-electron chi connectivity index (χ0n) is 16.8. The molecule has 0 aliphatic carbocycles. The van der Waals surface area contributed by atoms with Crippen molar-refractivity contribution in [1.82, 2.24) is 18.9 Å². The lowest BCUT2D eigenvalue weighted by atomic mass is 9.99. The van der Waals surface area contributed by atoms with Gasteiger partial charge in [0.1, 0.15) is 5.75 Å². The Kier molecular flexibility index (Phi) is 5.56. The van der Waals surface area contributed by atoms with E-state index in [1.165, 1.54) is 0 Å². The van der Waals surface area contributed by atoms with Crippen LogP contribution in [0, 0.1) is 0 Å². The first-order valence-electron chi connectivity index (χ1n) is 9.99. The molecule has 1 fully saturated rings. The molecule has 2 aromatic heterocycles. The van der Waals surface area contributed by atoms with Crippen LogP contribution in [-0.4, -0.2) is 53.3 Å². The summed E-state index contributed by atoms with van der Waals surface area (Å²) in [4.78, 5) is 4.67. The summed E-state index contributed by atoms with van der Waals surface area (Å²) in [7, 11) is -1.54. The smallest absolute Gasteiger partial charge is 0.214 e. The number of benzene rings is 1. The highest BCUT2D eigenvalue weighted by molar-refractivity contribution is 7.89. The van der Waals surface area contributed by atoms with Gasteiger partial charge in [0.05, 0.1) is 12.9 Å². The normalized spacial score (nSPS) is 18.2. The van der Waals surface area contributed by atoms with E-state index in [9.17, 15) is 8.42 Å². The van der Waals surface area contributed by atoms with Gasteiger partial charge in [0, 0.05) is 30.8 Å². The standard InChI is InChI=1S/C21H26N4O3S/c1-3-12-29(26,27)24-11-5-7-18(14-24)21-22-20-10-9-17(15-25(20)23-21)16-6-4-8-19(13-16)28-2/h4,6,8-10,13,15,18H,3,5,7,11-12,14H2,1-2H3/t18-/m1/s1. The van der Waals surface area contributed by atoms with Crippen molar-refractivity contribution in [2.75, 3.05) is 26.0 Å². The third-order valence-corrected chi connectivity index (χ3v) is 7.40. The van der Waals surface area contributed by atoms with E-state index in [1.54, 1.807) is 15.9 Å². The third-order valence-electron chi connectivity index (χ3n) is 5.36. The van der Waals surface area contributed by atoms with Crippen molar-refractivity contribution in [2.45, 2.75) is 32.1 Å². The molecular weight excluding hydrogens is 388 g/mol. The molecule has 3 heterocycles. The van der Waals surface area contributed by atoms with Crippen LogP contribution < -0.4 is 4.74 Å². The molecule has 1 aromatic carbocycles. The molecule has 0 bridgehead atoms. The van der Waals surface area contributed by atoms with Gasteiger partial charge in [-0.3, -0.25) is 0 Å². The molecule has 0 N–H and O–H groups in total. The predicted octanol–water partition coefficient (Wildman–Crippen LogP) is 3.32. The Morgan fingerprint density at radius 1 is 1.21 bits per heavy atom. The molecule has 7 nitrogen and oxygen atoms in total. The number of methoxy groups -OCH3 is 1. The lowest BCUT2D eigenvalue weighted by molar-refractivity contribution is 0.309. The number of piperidine rings is 1. The topological polar surface area (TPSA) is 76.8 Å². The minimum atomic E-state index is -3.19. The second kappa shape index (κ2) is 8.12. The zero-order chi connectivity index (χ0) is 20.4. The molecule has 1 saturated heterocycles. The third kappa shape index (κ3) is 4.13. The molecule has 1 aliphatic rings. The molecule has 0 spiro atoms. The van der Waals surface area contributed by atoms with Crippen molar-refractivity contribution in [2.24, 2.45) is 0 Å². The van der Waals surface area contributed by atoms with E-state index in [2.05, 4.69) is 10.1 Å². The molecule has 0 radical (unpaired) electrons. The largest absolute Gasteiger partial charge is 0.497 e. The van der Waals surface area contributed by atoms with E-state index in [-0.39, 0.29) is 11.7 Å². The van der Waals surface area contributed by atoms with Gasteiger partial charge in [-0.2, -0.15) is 5.10 Å². The van der Waals surface area contributed by atoms with Crippen LogP contribution in [0.25, 0.3) is 16.8 Å². The first-order chi connectivity index (χ1) is 14.0. The lowest BCUT2D eigenvalue weighted by Crippen LogP contribution is -2.40. The van der Waals surface area contributed by atoms with E-state index in [0.717, 1.165) is 35.4 Å². The van der Waals surface area contributed by atoms with Crippen molar-refractivity contribution in [3.63, 3.8) is 0 Å². The van der Waals surface area contributed by atoms with Crippen LogP contribution in [-0.2, 0) is 10.0 Å². The van der Waals surface area contributed by atoms with Crippen LogP contribution in [0.1, 0.15) is 37.9 Å². The summed E-state index contributed by atoms with van der Waals surface area (Å²) in [5.74, 6) is 1.74. The molecule has 0 saturated carbocycles. The molecular formula is C21H26N4O3S. The van der Waals surface area contributed by atoms with Crippen LogP contribution in [0.15, 0.2) is 42.6 Å². The van der Waals surface area contributed by atoms with Crippen LogP contribution in [0.5, 0.6) is 5.75 Å². The number of aromatic nitrogens is 3. The molecule has 29 heavy (non-hydrogen) atoms. The van der Waals surface area contributed by atoms with Crippen molar-refractivity contribution in [3.05, 3.63) is 48.4 Å². The average molecular weight is 415 g/mol. The van der Waals surface area contributed by atoms with Crippen LogP contribution in [0.2, 0.25) is 0 Å². The number of ether oxygens (including phenoxy) is 1. The van der Waals surface area contributed by atoms with Crippen LogP contribution >= 0.6 is 0 Å². The van der Waals surface area contributed by atoms with Crippen LogP contribution in [0.4, 0.5) is 0 Å². The number of pyridine rings is 1. The fraction of sp³-hybridized carbons (Fsp3) is 0.429. The first-order valence-corrected chi connectivity index (χ1v) is 11.6. The number of fused-ring (bicyclic) bond motifs is 1. The lowest BCUT2D eigenvalue weighted by Gasteiger charge is -2.30. The summed E-state index contributed by atoms with van der Waals surface area (Å²) in [5.41, 5.74) is 2.82.